The number of carbonyl (C=O) groups is 1. The lowest BCUT2D eigenvalue weighted by atomic mass is 9.85. The molecule has 0 aromatic heterocycles. The zero-order valence-corrected chi connectivity index (χ0v) is 10.3. The van der Waals surface area contributed by atoms with Gasteiger partial charge in [-0.3, -0.25) is 0 Å². The summed E-state index contributed by atoms with van der Waals surface area (Å²) < 4.78 is 4.69. The fourth-order valence-corrected chi connectivity index (χ4v) is 2.31. The first kappa shape index (κ1) is 12.0. The summed E-state index contributed by atoms with van der Waals surface area (Å²) in [5.74, 6) is 0.427. The molecule has 1 aromatic carbocycles. The van der Waals surface area contributed by atoms with E-state index in [0.717, 1.165) is 19.3 Å². The summed E-state index contributed by atoms with van der Waals surface area (Å²) in [4.78, 5) is 10.5. The number of ether oxygens (including phenoxy) is 1. The van der Waals surface area contributed by atoms with E-state index >= 15 is 0 Å². The van der Waals surface area contributed by atoms with E-state index in [1.807, 2.05) is 12.1 Å². The molecule has 3 heteroatoms. The van der Waals surface area contributed by atoms with Gasteiger partial charge >= 0.3 is 6.16 Å². The van der Waals surface area contributed by atoms with Crippen LogP contribution in [0.3, 0.4) is 0 Å². The second-order valence-corrected chi connectivity index (χ2v) is 5.46. The molecule has 1 N–H and O–H groups in total. The largest absolute Gasteiger partial charge is 0.511 e. The molecular weight excluding hydrogens is 216 g/mol. The summed E-state index contributed by atoms with van der Waals surface area (Å²) in [5, 5.41) is 8.59. The molecule has 0 radical (unpaired) electrons. The SMILES string of the molecule is CC1(C)CCc2ccc(OC(=O)O)cc2CC1. The summed E-state index contributed by atoms with van der Waals surface area (Å²) in [6.45, 7) is 4.57. The van der Waals surface area contributed by atoms with Crippen LogP contribution in [0.1, 0.15) is 37.8 Å². The van der Waals surface area contributed by atoms with Gasteiger partial charge in [0.05, 0.1) is 0 Å². The number of hydrogen-bond acceptors (Lipinski definition) is 2. The minimum atomic E-state index is -1.25. The molecule has 0 amide bonds. The van der Waals surface area contributed by atoms with E-state index in [2.05, 4.69) is 18.6 Å². The van der Waals surface area contributed by atoms with Crippen LogP contribution in [0.15, 0.2) is 18.2 Å². The Morgan fingerprint density at radius 3 is 2.53 bits per heavy atom. The third-order valence-electron chi connectivity index (χ3n) is 3.53. The summed E-state index contributed by atoms with van der Waals surface area (Å²) in [5.41, 5.74) is 2.93. The molecule has 3 nitrogen and oxygen atoms in total. The fraction of sp³-hybridized carbons (Fsp3) is 0.500. The van der Waals surface area contributed by atoms with Gasteiger partial charge < -0.3 is 9.84 Å². The minimum absolute atomic E-state index is 0.368. The number of aryl methyl sites for hydroxylation is 2. The molecule has 0 fully saturated rings. The first-order valence-corrected chi connectivity index (χ1v) is 5.99. The van der Waals surface area contributed by atoms with Crippen molar-refractivity contribution in [3.63, 3.8) is 0 Å². The first-order chi connectivity index (χ1) is 7.96. The molecule has 0 atom stereocenters. The van der Waals surface area contributed by atoms with Crippen LogP contribution < -0.4 is 4.74 Å². The van der Waals surface area contributed by atoms with Crippen molar-refractivity contribution in [1.82, 2.24) is 0 Å². The van der Waals surface area contributed by atoms with E-state index in [9.17, 15) is 4.79 Å². The van der Waals surface area contributed by atoms with Crippen LogP contribution in [0, 0.1) is 5.41 Å². The standard InChI is InChI=1S/C14H18O3/c1-14(2)7-5-10-3-4-12(17-13(15)16)9-11(10)6-8-14/h3-4,9H,5-8H2,1-2H3,(H,15,16). The second-order valence-electron chi connectivity index (χ2n) is 5.46. The molecule has 0 heterocycles. The van der Waals surface area contributed by atoms with Crippen molar-refractivity contribution in [2.24, 2.45) is 5.41 Å². The van der Waals surface area contributed by atoms with Crippen LogP contribution >= 0.6 is 0 Å². The zero-order chi connectivity index (χ0) is 12.5. The average Bonchev–Trinajstić information content (AvgIpc) is 2.38. The maximum Gasteiger partial charge on any atom is 0.511 e. The van der Waals surface area contributed by atoms with Gasteiger partial charge in [-0.1, -0.05) is 19.9 Å². The lowest BCUT2D eigenvalue weighted by Gasteiger charge is -2.21. The number of hydrogen-bond donors (Lipinski definition) is 1. The van der Waals surface area contributed by atoms with Gasteiger partial charge in [-0.25, -0.2) is 4.79 Å². The fourth-order valence-electron chi connectivity index (χ4n) is 2.31. The van der Waals surface area contributed by atoms with Crippen LogP contribution in [-0.2, 0) is 12.8 Å². The molecule has 1 aromatic rings. The van der Waals surface area contributed by atoms with E-state index in [1.165, 1.54) is 17.5 Å². The van der Waals surface area contributed by atoms with Crippen molar-refractivity contribution in [2.45, 2.75) is 39.5 Å². The Morgan fingerprint density at radius 2 is 1.88 bits per heavy atom. The Bertz CT molecular complexity index is 435. The maximum atomic E-state index is 10.5. The molecule has 0 unspecified atom stereocenters. The Hall–Kier alpha value is -1.51. The molecule has 0 aliphatic heterocycles. The average molecular weight is 234 g/mol. The highest BCUT2D eigenvalue weighted by Gasteiger charge is 2.22. The van der Waals surface area contributed by atoms with Crippen molar-refractivity contribution in [2.75, 3.05) is 0 Å². The van der Waals surface area contributed by atoms with E-state index < -0.39 is 6.16 Å². The normalized spacial score (nSPS) is 18.0. The lowest BCUT2D eigenvalue weighted by Crippen LogP contribution is -2.10. The number of rotatable bonds is 1. The molecule has 0 saturated carbocycles. The van der Waals surface area contributed by atoms with Crippen molar-refractivity contribution in [1.29, 1.82) is 0 Å². The van der Waals surface area contributed by atoms with Crippen molar-refractivity contribution < 1.29 is 14.6 Å². The highest BCUT2D eigenvalue weighted by atomic mass is 16.7. The van der Waals surface area contributed by atoms with Crippen LogP contribution in [-0.4, -0.2) is 11.3 Å². The summed E-state index contributed by atoms with van der Waals surface area (Å²) >= 11 is 0. The highest BCUT2D eigenvalue weighted by Crippen LogP contribution is 2.34. The molecular formula is C14H18O3. The van der Waals surface area contributed by atoms with Gasteiger partial charge in [-0.2, -0.15) is 0 Å². The van der Waals surface area contributed by atoms with Crippen LogP contribution in [0.4, 0.5) is 4.79 Å². The van der Waals surface area contributed by atoms with Gasteiger partial charge in [0.25, 0.3) is 0 Å². The Kier molecular flexibility index (Phi) is 3.09. The van der Waals surface area contributed by atoms with Gasteiger partial charge in [-0.15, -0.1) is 0 Å². The molecule has 2 rings (SSSR count). The monoisotopic (exact) mass is 234 g/mol. The molecule has 0 bridgehead atoms. The van der Waals surface area contributed by atoms with Gasteiger partial charge in [-0.05, 0) is 54.4 Å². The lowest BCUT2D eigenvalue weighted by molar-refractivity contribution is 0.144. The third-order valence-corrected chi connectivity index (χ3v) is 3.53. The summed E-state index contributed by atoms with van der Waals surface area (Å²) in [6, 6.07) is 5.60. The van der Waals surface area contributed by atoms with Crippen molar-refractivity contribution >= 4 is 6.16 Å². The van der Waals surface area contributed by atoms with Gasteiger partial charge in [0.1, 0.15) is 5.75 Å². The number of fused-ring (bicyclic) bond motifs is 1. The first-order valence-electron chi connectivity index (χ1n) is 5.99. The predicted molar refractivity (Wildman–Crippen MR) is 65.5 cm³/mol. The summed E-state index contributed by atoms with van der Waals surface area (Å²) in [7, 11) is 0. The van der Waals surface area contributed by atoms with Gasteiger partial charge in [0, 0.05) is 0 Å². The smallest absolute Gasteiger partial charge is 0.449 e. The minimum Gasteiger partial charge on any atom is -0.449 e. The van der Waals surface area contributed by atoms with E-state index in [4.69, 9.17) is 5.11 Å². The quantitative estimate of drug-likeness (QED) is 0.458. The molecule has 92 valence electrons. The Labute approximate surface area is 101 Å². The van der Waals surface area contributed by atoms with Crippen molar-refractivity contribution in [3.05, 3.63) is 29.3 Å². The predicted octanol–water partition coefficient (Wildman–Crippen LogP) is 3.65. The molecule has 1 aliphatic rings. The Balaban J connectivity index is 2.22. The highest BCUT2D eigenvalue weighted by molar-refractivity contribution is 5.61. The maximum absolute atomic E-state index is 10.5. The molecule has 17 heavy (non-hydrogen) atoms. The van der Waals surface area contributed by atoms with Crippen molar-refractivity contribution in [3.8, 4) is 5.75 Å². The van der Waals surface area contributed by atoms with Crippen LogP contribution in [0.5, 0.6) is 5.75 Å². The van der Waals surface area contributed by atoms with E-state index in [-0.39, 0.29) is 0 Å². The van der Waals surface area contributed by atoms with Gasteiger partial charge in [0.15, 0.2) is 0 Å². The molecule has 0 spiro atoms. The second kappa shape index (κ2) is 4.40. The molecule has 0 saturated heterocycles. The summed E-state index contributed by atoms with van der Waals surface area (Å²) in [6.07, 6.45) is 3.13. The van der Waals surface area contributed by atoms with Gasteiger partial charge in [0.2, 0.25) is 0 Å². The van der Waals surface area contributed by atoms with E-state index in [0.29, 0.717) is 11.2 Å². The number of benzene rings is 1. The zero-order valence-electron chi connectivity index (χ0n) is 10.3. The molecule has 1 aliphatic carbocycles. The van der Waals surface area contributed by atoms with E-state index in [1.54, 1.807) is 6.07 Å². The van der Waals surface area contributed by atoms with Crippen LogP contribution in [0.2, 0.25) is 0 Å². The topological polar surface area (TPSA) is 46.5 Å². The number of carboxylic acid groups (broad SMARTS) is 1. The van der Waals surface area contributed by atoms with Crippen LogP contribution in [0.25, 0.3) is 0 Å². The third kappa shape index (κ3) is 2.99. The Morgan fingerprint density at radius 1 is 1.24 bits per heavy atom.